The second kappa shape index (κ2) is 5.69. The summed E-state index contributed by atoms with van der Waals surface area (Å²) in [6, 6.07) is 9.25. The zero-order valence-electron chi connectivity index (χ0n) is 12.7. The predicted octanol–water partition coefficient (Wildman–Crippen LogP) is 5.00. The van der Waals surface area contributed by atoms with E-state index < -0.39 is 0 Å². The van der Waals surface area contributed by atoms with Crippen LogP contribution in [0.1, 0.15) is 57.4 Å². The van der Waals surface area contributed by atoms with Gasteiger partial charge in [0.1, 0.15) is 0 Å². The van der Waals surface area contributed by atoms with Crippen LogP contribution in [0.4, 0.5) is 0 Å². The van der Waals surface area contributed by atoms with E-state index in [1.165, 1.54) is 37.7 Å². The number of halogens is 1. The number of hydrogen-bond acceptors (Lipinski definition) is 1. The normalized spacial score (nSPS) is 29.4. The summed E-state index contributed by atoms with van der Waals surface area (Å²) in [6.45, 7) is 5.97. The molecule has 2 aliphatic carbocycles. The van der Waals surface area contributed by atoms with Crippen molar-refractivity contribution >= 4 is 11.6 Å². The molecule has 2 aliphatic rings. The maximum atomic E-state index is 6.47. The van der Waals surface area contributed by atoms with Crippen LogP contribution in [0.5, 0.6) is 0 Å². The minimum atomic E-state index is 0.444. The first-order valence-corrected chi connectivity index (χ1v) is 8.41. The van der Waals surface area contributed by atoms with Crippen molar-refractivity contribution in [2.24, 2.45) is 11.3 Å². The first kappa shape index (κ1) is 14.4. The smallest absolute Gasteiger partial charge is 0.0440 e. The summed E-state index contributed by atoms with van der Waals surface area (Å²) in [6.07, 6.45) is 6.66. The van der Waals surface area contributed by atoms with Crippen LogP contribution >= 0.6 is 11.6 Å². The fraction of sp³-hybridized carbons (Fsp3) is 0.667. The maximum absolute atomic E-state index is 6.47. The van der Waals surface area contributed by atoms with E-state index in [9.17, 15) is 0 Å². The quantitative estimate of drug-likeness (QED) is 0.823. The molecule has 3 rings (SSSR count). The van der Waals surface area contributed by atoms with Gasteiger partial charge in [0.2, 0.25) is 0 Å². The second-order valence-electron chi connectivity index (χ2n) is 7.48. The van der Waals surface area contributed by atoms with Crippen molar-refractivity contribution in [3.8, 4) is 0 Å². The molecule has 0 amide bonds. The lowest BCUT2D eigenvalue weighted by Crippen LogP contribution is -2.35. The summed E-state index contributed by atoms with van der Waals surface area (Å²) >= 11 is 6.47. The molecule has 2 heteroatoms. The van der Waals surface area contributed by atoms with E-state index in [2.05, 4.69) is 31.3 Å². The number of rotatable bonds is 4. The third kappa shape index (κ3) is 3.38. The van der Waals surface area contributed by atoms with Crippen molar-refractivity contribution < 1.29 is 0 Å². The first-order valence-electron chi connectivity index (χ1n) is 8.03. The molecule has 0 bridgehead atoms. The van der Waals surface area contributed by atoms with Crippen molar-refractivity contribution in [3.63, 3.8) is 0 Å². The van der Waals surface area contributed by atoms with Crippen LogP contribution in [0.15, 0.2) is 24.3 Å². The lowest BCUT2D eigenvalue weighted by atomic mass is 9.65. The molecule has 1 aromatic carbocycles. The van der Waals surface area contributed by atoms with E-state index in [4.69, 9.17) is 11.6 Å². The Bertz CT molecular complexity index is 462. The monoisotopic (exact) mass is 291 g/mol. The molecule has 110 valence electrons. The predicted molar refractivity (Wildman–Crippen MR) is 86.3 cm³/mol. The van der Waals surface area contributed by atoms with Gasteiger partial charge in [-0.2, -0.15) is 0 Å². The molecule has 1 nitrogen and oxygen atoms in total. The Labute approximate surface area is 128 Å². The summed E-state index contributed by atoms with van der Waals surface area (Å²) < 4.78 is 0. The number of nitrogens with one attached hydrogen (secondary N) is 1. The standard InChI is InChI=1S/C18H26ClN/c1-18(2)10-9-13(12-20-14-7-8-14)16(11-18)15-5-3-4-6-17(15)19/h3-6,13-14,16,20H,7-12H2,1-2H3. The van der Waals surface area contributed by atoms with E-state index >= 15 is 0 Å². The molecule has 2 saturated carbocycles. The van der Waals surface area contributed by atoms with Crippen molar-refractivity contribution in [1.29, 1.82) is 0 Å². The third-order valence-electron chi connectivity index (χ3n) is 5.08. The number of hydrogen-bond donors (Lipinski definition) is 1. The van der Waals surface area contributed by atoms with Gasteiger partial charge in [-0.05, 0) is 67.5 Å². The molecule has 1 aromatic rings. The van der Waals surface area contributed by atoms with E-state index in [1.807, 2.05) is 12.1 Å². The molecule has 2 fully saturated rings. The molecular weight excluding hydrogens is 266 g/mol. The summed E-state index contributed by atoms with van der Waals surface area (Å²) in [5, 5.41) is 4.68. The van der Waals surface area contributed by atoms with Gasteiger partial charge in [0, 0.05) is 11.1 Å². The Kier molecular flexibility index (Phi) is 4.10. The molecule has 0 saturated heterocycles. The highest BCUT2D eigenvalue weighted by Crippen LogP contribution is 2.48. The van der Waals surface area contributed by atoms with E-state index in [-0.39, 0.29) is 0 Å². The highest BCUT2D eigenvalue weighted by molar-refractivity contribution is 6.31. The van der Waals surface area contributed by atoms with Gasteiger partial charge in [-0.15, -0.1) is 0 Å². The van der Waals surface area contributed by atoms with Gasteiger partial charge in [-0.1, -0.05) is 43.6 Å². The summed E-state index contributed by atoms with van der Waals surface area (Å²) in [7, 11) is 0. The van der Waals surface area contributed by atoms with Crippen molar-refractivity contribution in [2.45, 2.75) is 57.9 Å². The molecular formula is C18H26ClN. The highest BCUT2D eigenvalue weighted by Gasteiger charge is 2.37. The molecule has 0 spiro atoms. The minimum Gasteiger partial charge on any atom is -0.314 e. The SMILES string of the molecule is CC1(C)CCC(CNC2CC2)C(c2ccccc2Cl)C1. The molecule has 1 N–H and O–H groups in total. The van der Waals surface area contributed by atoms with Crippen LogP contribution in [0.2, 0.25) is 5.02 Å². The Morgan fingerprint density at radius 3 is 2.65 bits per heavy atom. The van der Waals surface area contributed by atoms with E-state index in [1.54, 1.807) is 0 Å². The first-order chi connectivity index (χ1) is 9.55. The Balaban J connectivity index is 1.78. The van der Waals surface area contributed by atoms with Gasteiger partial charge < -0.3 is 5.32 Å². The molecule has 0 aromatic heterocycles. The van der Waals surface area contributed by atoms with Gasteiger partial charge >= 0.3 is 0 Å². The van der Waals surface area contributed by atoms with Crippen molar-refractivity contribution in [2.75, 3.05) is 6.54 Å². The molecule has 2 unspecified atom stereocenters. The molecule has 0 radical (unpaired) electrons. The van der Waals surface area contributed by atoms with Crippen molar-refractivity contribution in [1.82, 2.24) is 5.32 Å². The number of benzene rings is 1. The third-order valence-corrected chi connectivity index (χ3v) is 5.43. The van der Waals surface area contributed by atoms with Crippen LogP contribution in [-0.4, -0.2) is 12.6 Å². The molecule has 2 atom stereocenters. The largest absolute Gasteiger partial charge is 0.314 e. The van der Waals surface area contributed by atoms with Gasteiger partial charge in [0.15, 0.2) is 0 Å². The van der Waals surface area contributed by atoms with Crippen LogP contribution in [0.25, 0.3) is 0 Å². The zero-order chi connectivity index (χ0) is 14.2. The van der Waals surface area contributed by atoms with Crippen LogP contribution in [0, 0.1) is 11.3 Å². The van der Waals surface area contributed by atoms with E-state index in [0.717, 1.165) is 23.5 Å². The average molecular weight is 292 g/mol. The summed E-state index contributed by atoms with van der Waals surface area (Å²) in [5.74, 6) is 1.35. The fourth-order valence-corrected chi connectivity index (χ4v) is 3.91. The van der Waals surface area contributed by atoms with Gasteiger partial charge in [0.05, 0.1) is 0 Å². The minimum absolute atomic E-state index is 0.444. The Hall–Kier alpha value is -0.530. The lowest BCUT2D eigenvalue weighted by molar-refractivity contribution is 0.159. The highest BCUT2D eigenvalue weighted by atomic mass is 35.5. The zero-order valence-corrected chi connectivity index (χ0v) is 13.4. The topological polar surface area (TPSA) is 12.0 Å². The van der Waals surface area contributed by atoms with Crippen LogP contribution in [0.3, 0.4) is 0 Å². The Morgan fingerprint density at radius 2 is 1.95 bits per heavy atom. The average Bonchev–Trinajstić information content (AvgIpc) is 3.21. The molecule has 0 aliphatic heterocycles. The maximum Gasteiger partial charge on any atom is 0.0440 e. The lowest BCUT2D eigenvalue weighted by Gasteiger charge is -2.41. The van der Waals surface area contributed by atoms with E-state index in [0.29, 0.717) is 11.3 Å². The van der Waals surface area contributed by atoms with Gasteiger partial charge in [-0.25, -0.2) is 0 Å². The Morgan fingerprint density at radius 1 is 1.20 bits per heavy atom. The van der Waals surface area contributed by atoms with Crippen LogP contribution in [-0.2, 0) is 0 Å². The fourth-order valence-electron chi connectivity index (χ4n) is 3.63. The van der Waals surface area contributed by atoms with Crippen molar-refractivity contribution in [3.05, 3.63) is 34.9 Å². The summed E-state index contributed by atoms with van der Waals surface area (Å²) in [5.41, 5.74) is 1.81. The second-order valence-corrected chi connectivity index (χ2v) is 7.88. The van der Waals surface area contributed by atoms with Gasteiger partial charge in [-0.3, -0.25) is 0 Å². The van der Waals surface area contributed by atoms with Crippen LogP contribution < -0.4 is 5.32 Å². The van der Waals surface area contributed by atoms with Gasteiger partial charge in [0.25, 0.3) is 0 Å². The molecule has 20 heavy (non-hydrogen) atoms. The molecule has 0 heterocycles. The summed E-state index contributed by atoms with van der Waals surface area (Å²) in [4.78, 5) is 0.